The number of aromatic nitrogens is 3. The van der Waals surface area contributed by atoms with Crippen molar-refractivity contribution in [2.45, 2.75) is 13.1 Å². The Morgan fingerprint density at radius 1 is 0.857 bits per heavy atom. The highest BCUT2D eigenvalue weighted by Crippen LogP contribution is 2.20. The van der Waals surface area contributed by atoms with Gasteiger partial charge in [-0.05, 0) is 12.1 Å². The van der Waals surface area contributed by atoms with Crippen molar-refractivity contribution in [1.82, 2.24) is 24.3 Å². The Bertz CT molecular complexity index is 1010. The third-order valence-electron chi connectivity index (χ3n) is 5.27. The van der Waals surface area contributed by atoms with Gasteiger partial charge in [0.15, 0.2) is 5.76 Å². The van der Waals surface area contributed by atoms with E-state index in [2.05, 4.69) is 43.8 Å². The van der Waals surface area contributed by atoms with E-state index in [1.165, 1.54) is 0 Å². The summed E-state index contributed by atoms with van der Waals surface area (Å²) in [6.45, 7) is 5.82. The van der Waals surface area contributed by atoms with Crippen molar-refractivity contribution < 1.29 is 4.52 Å². The first kappa shape index (κ1) is 17.2. The summed E-state index contributed by atoms with van der Waals surface area (Å²) in [6.07, 6.45) is 4.17. The fourth-order valence-electron chi connectivity index (χ4n) is 3.75. The third kappa shape index (κ3) is 3.69. The van der Waals surface area contributed by atoms with Gasteiger partial charge in [-0.15, -0.1) is 0 Å². The van der Waals surface area contributed by atoms with Crippen molar-refractivity contribution in [2.75, 3.05) is 26.2 Å². The van der Waals surface area contributed by atoms with Gasteiger partial charge >= 0.3 is 0 Å². The van der Waals surface area contributed by atoms with Crippen LogP contribution in [-0.2, 0) is 13.1 Å². The van der Waals surface area contributed by atoms with E-state index < -0.39 is 0 Å². The molecule has 3 aromatic heterocycles. The second-order valence-electron chi connectivity index (χ2n) is 7.30. The Balaban J connectivity index is 1.16. The first-order valence-corrected chi connectivity index (χ1v) is 9.72. The van der Waals surface area contributed by atoms with Crippen LogP contribution in [-0.4, -0.2) is 50.5 Å². The van der Waals surface area contributed by atoms with Crippen molar-refractivity contribution >= 4 is 5.65 Å². The van der Waals surface area contributed by atoms with Crippen LogP contribution in [0.5, 0.6) is 0 Å². The van der Waals surface area contributed by atoms with E-state index in [-0.39, 0.29) is 0 Å². The number of hydrogen-bond donors (Lipinski definition) is 0. The molecule has 142 valence electrons. The molecule has 1 saturated heterocycles. The molecular weight excluding hydrogens is 350 g/mol. The molecule has 0 spiro atoms. The lowest BCUT2D eigenvalue weighted by molar-refractivity contribution is 0.113. The second-order valence-corrected chi connectivity index (χ2v) is 7.30. The SMILES string of the molecule is c1ccc(-c2cc(CN3CCN(Cc4cn5ccccc5n4)CC3)on2)cc1. The van der Waals surface area contributed by atoms with Crippen LogP contribution >= 0.6 is 0 Å². The molecule has 28 heavy (non-hydrogen) atoms. The molecule has 1 fully saturated rings. The molecular formula is C22H23N5O. The van der Waals surface area contributed by atoms with Gasteiger partial charge in [-0.1, -0.05) is 41.6 Å². The van der Waals surface area contributed by atoms with Crippen LogP contribution in [0.2, 0.25) is 0 Å². The van der Waals surface area contributed by atoms with Gasteiger partial charge in [0.1, 0.15) is 11.3 Å². The van der Waals surface area contributed by atoms with Crippen molar-refractivity contribution in [1.29, 1.82) is 0 Å². The summed E-state index contributed by atoms with van der Waals surface area (Å²) in [5, 5.41) is 4.22. The zero-order valence-corrected chi connectivity index (χ0v) is 15.7. The minimum atomic E-state index is 0.808. The fourth-order valence-corrected chi connectivity index (χ4v) is 3.75. The number of fused-ring (bicyclic) bond motifs is 1. The summed E-state index contributed by atoms with van der Waals surface area (Å²) in [7, 11) is 0. The van der Waals surface area contributed by atoms with E-state index in [1.54, 1.807) is 0 Å². The van der Waals surface area contributed by atoms with Crippen LogP contribution in [0.3, 0.4) is 0 Å². The van der Waals surface area contributed by atoms with E-state index in [0.717, 1.165) is 67.6 Å². The maximum Gasteiger partial charge on any atom is 0.151 e. The van der Waals surface area contributed by atoms with Crippen LogP contribution in [0.15, 0.2) is 71.5 Å². The molecule has 0 amide bonds. The summed E-state index contributed by atoms with van der Waals surface area (Å²) < 4.78 is 7.64. The summed E-state index contributed by atoms with van der Waals surface area (Å²) in [5.41, 5.74) is 4.13. The third-order valence-corrected chi connectivity index (χ3v) is 5.27. The van der Waals surface area contributed by atoms with E-state index in [0.29, 0.717) is 0 Å². The van der Waals surface area contributed by atoms with Crippen molar-refractivity contribution in [3.05, 3.63) is 78.4 Å². The Morgan fingerprint density at radius 3 is 2.39 bits per heavy atom. The predicted octanol–water partition coefficient (Wildman–Crippen LogP) is 3.31. The fraction of sp³-hybridized carbons (Fsp3) is 0.273. The zero-order chi connectivity index (χ0) is 18.8. The standard InChI is InChI=1S/C22H23N5O/c1-2-6-18(7-3-1)21-14-20(28-24-21)17-26-12-10-25(11-13-26)15-19-16-27-9-5-4-8-22(27)23-19/h1-9,14,16H,10-13,15,17H2. The molecule has 0 unspecified atom stereocenters. The average Bonchev–Trinajstić information content (AvgIpc) is 3.36. The van der Waals surface area contributed by atoms with Gasteiger partial charge < -0.3 is 8.92 Å². The van der Waals surface area contributed by atoms with Gasteiger partial charge in [0.25, 0.3) is 0 Å². The minimum Gasteiger partial charge on any atom is -0.359 e. The van der Waals surface area contributed by atoms with Gasteiger partial charge in [-0.2, -0.15) is 0 Å². The molecule has 5 rings (SSSR count). The Morgan fingerprint density at radius 2 is 1.61 bits per heavy atom. The van der Waals surface area contributed by atoms with Gasteiger partial charge in [-0.3, -0.25) is 9.80 Å². The average molecular weight is 373 g/mol. The van der Waals surface area contributed by atoms with Crippen LogP contribution < -0.4 is 0 Å². The number of imidazole rings is 1. The highest BCUT2D eigenvalue weighted by Gasteiger charge is 2.19. The Hall–Kier alpha value is -2.96. The molecule has 4 heterocycles. The van der Waals surface area contributed by atoms with Gasteiger partial charge in [0.2, 0.25) is 0 Å². The molecule has 4 aromatic rings. The first-order valence-electron chi connectivity index (χ1n) is 9.72. The summed E-state index contributed by atoms with van der Waals surface area (Å²) in [6, 6.07) is 18.3. The molecule has 0 saturated carbocycles. The molecule has 0 bridgehead atoms. The van der Waals surface area contributed by atoms with E-state index in [4.69, 9.17) is 9.51 Å². The predicted molar refractivity (Wildman–Crippen MR) is 108 cm³/mol. The largest absolute Gasteiger partial charge is 0.359 e. The number of pyridine rings is 1. The number of piperazine rings is 1. The smallest absolute Gasteiger partial charge is 0.151 e. The van der Waals surface area contributed by atoms with Crippen molar-refractivity contribution in [2.24, 2.45) is 0 Å². The summed E-state index contributed by atoms with van der Waals surface area (Å²) >= 11 is 0. The van der Waals surface area contributed by atoms with Crippen LogP contribution in [0.1, 0.15) is 11.5 Å². The minimum absolute atomic E-state index is 0.808. The maximum absolute atomic E-state index is 5.56. The summed E-state index contributed by atoms with van der Waals surface area (Å²) in [4.78, 5) is 9.60. The highest BCUT2D eigenvalue weighted by molar-refractivity contribution is 5.58. The number of rotatable bonds is 5. The van der Waals surface area contributed by atoms with E-state index >= 15 is 0 Å². The Labute approximate surface area is 164 Å². The monoisotopic (exact) mass is 373 g/mol. The quantitative estimate of drug-likeness (QED) is 0.537. The van der Waals surface area contributed by atoms with Crippen molar-refractivity contribution in [3.63, 3.8) is 0 Å². The Kier molecular flexibility index (Phi) is 4.64. The normalized spacial score (nSPS) is 16.0. The van der Waals surface area contributed by atoms with Crippen LogP contribution in [0, 0.1) is 0 Å². The lowest BCUT2D eigenvalue weighted by Gasteiger charge is -2.33. The maximum atomic E-state index is 5.56. The van der Waals surface area contributed by atoms with E-state index in [9.17, 15) is 0 Å². The number of benzene rings is 1. The highest BCUT2D eigenvalue weighted by atomic mass is 16.5. The molecule has 0 N–H and O–H groups in total. The lowest BCUT2D eigenvalue weighted by Crippen LogP contribution is -2.45. The molecule has 1 aliphatic rings. The van der Waals surface area contributed by atoms with Crippen LogP contribution in [0.25, 0.3) is 16.9 Å². The zero-order valence-electron chi connectivity index (χ0n) is 15.7. The molecule has 1 aliphatic heterocycles. The van der Waals surface area contributed by atoms with Crippen molar-refractivity contribution in [3.8, 4) is 11.3 Å². The molecule has 0 aliphatic carbocycles. The van der Waals surface area contributed by atoms with E-state index in [1.807, 2.05) is 42.6 Å². The molecule has 0 radical (unpaired) electrons. The van der Waals surface area contributed by atoms with Gasteiger partial charge in [0.05, 0.1) is 12.2 Å². The second kappa shape index (κ2) is 7.58. The number of hydrogen-bond acceptors (Lipinski definition) is 5. The van der Waals surface area contributed by atoms with Crippen LogP contribution in [0.4, 0.5) is 0 Å². The van der Waals surface area contributed by atoms with Gasteiger partial charge in [0, 0.05) is 56.7 Å². The first-order chi connectivity index (χ1) is 13.8. The molecule has 0 atom stereocenters. The molecule has 6 heteroatoms. The topological polar surface area (TPSA) is 49.8 Å². The molecule has 6 nitrogen and oxygen atoms in total. The lowest BCUT2D eigenvalue weighted by atomic mass is 10.1. The van der Waals surface area contributed by atoms with Gasteiger partial charge in [-0.25, -0.2) is 4.98 Å². The number of nitrogens with zero attached hydrogens (tertiary/aromatic N) is 5. The summed E-state index contributed by atoms with van der Waals surface area (Å²) in [5.74, 6) is 0.924. The molecule has 1 aromatic carbocycles.